The zero-order valence-electron chi connectivity index (χ0n) is 11.0. The van der Waals surface area contributed by atoms with Crippen molar-refractivity contribution in [2.75, 3.05) is 6.54 Å². The summed E-state index contributed by atoms with van der Waals surface area (Å²) in [5.41, 5.74) is 2.05. The van der Waals surface area contributed by atoms with Crippen LogP contribution in [0.15, 0.2) is 18.3 Å². The maximum atomic E-state index is 8.88. The minimum absolute atomic E-state index is 0.201. The highest BCUT2D eigenvalue weighted by molar-refractivity contribution is 5.12. The van der Waals surface area contributed by atoms with Gasteiger partial charge in [-0.15, -0.1) is 0 Å². The molecular formula is C14H21N3. The molecule has 0 unspecified atom stereocenters. The molecule has 1 heterocycles. The highest BCUT2D eigenvalue weighted by atomic mass is 14.8. The molecule has 1 aromatic heterocycles. The monoisotopic (exact) mass is 231 g/mol. The van der Waals surface area contributed by atoms with Crippen LogP contribution in [0.1, 0.15) is 37.9 Å². The molecule has 1 rings (SSSR count). The van der Waals surface area contributed by atoms with Crippen molar-refractivity contribution in [3.63, 3.8) is 0 Å². The summed E-state index contributed by atoms with van der Waals surface area (Å²) >= 11 is 0. The lowest BCUT2D eigenvalue weighted by Crippen LogP contribution is -2.17. The summed E-state index contributed by atoms with van der Waals surface area (Å²) < 4.78 is 0. The third-order valence-corrected chi connectivity index (χ3v) is 2.76. The van der Waals surface area contributed by atoms with Crippen molar-refractivity contribution in [3.8, 4) is 6.07 Å². The SMILES string of the molecule is Cc1ccc(CNCCCC(C)(C)C#N)cn1. The second-order valence-corrected chi connectivity index (χ2v) is 5.08. The van der Waals surface area contributed by atoms with Crippen LogP contribution in [0.5, 0.6) is 0 Å². The predicted molar refractivity (Wildman–Crippen MR) is 69.3 cm³/mol. The van der Waals surface area contributed by atoms with Gasteiger partial charge < -0.3 is 5.32 Å². The summed E-state index contributed by atoms with van der Waals surface area (Å²) in [6.07, 6.45) is 3.87. The number of nitrogens with one attached hydrogen (secondary N) is 1. The molecule has 0 fully saturated rings. The summed E-state index contributed by atoms with van der Waals surface area (Å²) in [6, 6.07) is 6.43. The zero-order valence-corrected chi connectivity index (χ0v) is 11.0. The Labute approximate surface area is 104 Å². The largest absolute Gasteiger partial charge is 0.313 e. The Morgan fingerprint density at radius 3 is 2.76 bits per heavy atom. The van der Waals surface area contributed by atoms with Crippen molar-refractivity contribution in [1.82, 2.24) is 10.3 Å². The summed E-state index contributed by atoms with van der Waals surface area (Å²) in [5, 5.41) is 12.2. The van der Waals surface area contributed by atoms with Crippen LogP contribution in [0.2, 0.25) is 0 Å². The lowest BCUT2D eigenvalue weighted by molar-refractivity contribution is 0.426. The van der Waals surface area contributed by atoms with Gasteiger partial charge in [0.1, 0.15) is 0 Å². The topological polar surface area (TPSA) is 48.7 Å². The number of nitrogens with zero attached hydrogens (tertiary/aromatic N) is 2. The van der Waals surface area contributed by atoms with E-state index in [9.17, 15) is 0 Å². The van der Waals surface area contributed by atoms with E-state index in [1.807, 2.05) is 33.0 Å². The van der Waals surface area contributed by atoms with E-state index in [0.29, 0.717) is 0 Å². The van der Waals surface area contributed by atoms with E-state index in [-0.39, 0.29) is 5.41 Å². The zero-order chi connectivity index (χ0) is 12.7. The molecule has 0 amide bonds. The molecule has 0 spiro atoms. The van der Waals surface area contributed by atoms with E-state index in [4.69, 9.17) is 5.26 Å². The Kier molecular flexibility index (Phi) is 5.11. The number of aromatic nitrogens is 1. The predicted octanol–water partition coefficient (Wildman–Crippen LogP) is 2.81. The highest BCUT2D eigenvalue weighted by Crippen LogP contribution is 2.19. The quantitative estimate of drug-likeness (QED) is 0.766. The number of rotatable bonds is 6. The van der Waals surface area contributed by atoms with Crippen LogP contribution >= 0.6 is 0 Å². The Morgan fingerprint density at radius 1 is 1.41 bits per heavy atom. The van der Waals surface area contributed by atoms with E-state index < -0.39 is 0 Å². The van der Waals surface area contributed by atoms with Crippen molar-refractivity contribution in [2.45, 2.75) is 40.2 Å². The minimum Gasteiger partial charge on any atom is -0.313 e. The maximum absolute atomic E-state index is 8.88. The second kappa shape index (κ2) is 6.36. The number of aryl methyl sites for hydroxylation is 1. The van der Waals surface area contributed by atoms with Crippen LogP contribution < -0.4 is 5.32 Å². The van der Waals surface area contributed by atoms with E-state index in [1.54, 1.807) is 0 Å². The second-order valence-electron chi connectivity index (χ2n) is 5.08. The molecule has 3 nitrogen and oxygen atoms in total. The molecule has 0 atom stereocenters. The summed E-state index contributed by atoms with van der Waals surface area (Å²) in [6.45, 7) is 7.74. The van der Waals surface area contributed by atoms with E-state index in [1.165, 1.54) is 5.56 Å². The number of hydrogen-bond acceptors (Lipinski definition) is 3. The van der Waals surface area contributed by atoms with Gasteiger partial charge in [-0.1, -0.05) is 6.07 Å². The molecule has 1 N–H and O–H groups in total. The van der Waals surface area contributed by atoms with Gasteiger partial charge in [0.25, 0.3) is 0 Å². The van der Waals surface area contributed by atoms with Crippen LogP contribution in [0.4, 0.5) is 0 Å². The van der Waals surface area contributed by atoms with Gasteiger partial charge in [-0.05, 0) is 51.8 Å². The number of hydrogen-bond donors (Lipinski definition) is 1. The number of pyridine rings is 1. The van der Waals surface area contributed by atoms with Gasteiger partial charge in [0.2, 0.25) is 0 Å². The molecular weight excluding hydrogens is 210 g/mol. The van der Waals surface area contributed by atoms with Crippen LogP contribution in [0.25, 0.3) is 0 Å². The van der Waals surface area contributed by atoms with Crippen molar-refractivity contribution in [1.29, 1.82) is 5.26 Å². The summed E-state index contributed by atoms with van der Waals surface area (Å²) in [5.74, 6) is 0. The van der Waals surface area contributed by atoms with Gasteiger partial charge in [-0.3, -0.25) is 4.98 Å². The maximum Gasteiger partial charge on any atom is 0.0683 e. The lowest BCUT2D eigenvalue weighted by Gasteiger charge is -2.14. The van der Waals surface area contributed by atoms with Crippen LogP contribution in [0, 0.1) is 23.7 Å². The molecule has 0 radical (unpaired) electrons. The van der Waals surface area contributed by atoms with Crippen molar-refractivity contribution >= 4 is 0 Å². The Balaban J connectivity index is 2.17. The molecule has 0 saturated carbocycles. The first kappa shape index (κ1) is 13.7. The van der Waals surface area contributed by atoms with Crippen molar-refractivity contribution < 1.29 is 0 Å². The Morgan fingerprint density at radius 2 is 2.18 bits per heavy atom. The molecule has 0 aliphatic rings. The minimum atomic E-state index is -0.201. The van der Waals surface area contributed by atoms with Crippen molar-refractivity contribution in [3.05, 3.63) is 29.6 Å². The van der Waals surface area contributed by atoms with E-state index in [0.717, 1.165) is 31.6 Å². The average Bonchev–Trinajstić information content (AvgIpc) is 2.31. The van der Waals surface area contributed by atoms with Gasteiger partial charge in [-0.25, -0.2) is 0 Å². The van der Waals surface area contributed by atoms with Crippen molar-refractivity contribution in [2.24, 2.45) is 5.41 Å². The van der Waals surface area contributed by atoms with Crippen LogP contribution in [-0.2, 0) is 6.54 Å². The van der Waals surface area contributed by atoms with Gasteiger partial charge in [0.05, 0.1) is 11.5 Å². The molecule has 92 valence electrons. The Bertz CT molecular complexity index is 373. The summed E-state index contributed by atoms with van der Waals surface area (Å²) in [7, 11) is 0. The van der Waals surface area contributed by atoms with E-state index in [2.05, 4.69) is 22.4 Å². The molecule has 0 saturated heterocycles. The first-order valence-electron chi connectivity index (χ1n) is 6.07. The third-order valence-electron chi connectivity index (χ3n) is 2.76. The number of nitriles is 1. The first-order valence-corrected chi connectivity index (χ1v) is 6.07. The van der Waals surface area contributed by atoms with Gasteiger partial charge in [0.15, 0.2) is 0 Å². The molecule has 0 bridgehead atoms. The van der Waals surface area contributed by atoms with Crippen LogP contribution in [0.3, 0.4) is 0 Å². The van der Waals surface area contributed by atoms with Gasteiger partial charge in [-0.2, -0.15) is 5.26 Å². The average molecular weight is 231 g/mol. The Hall–Kier alpha value is -1.40. The third kappa shape index (κ3) is 5.46. The normalized spacial score (nSPS) is 11.2. The fraction of sp³-hybridized carbons (Fsp3) is 0.571. The van der Waals surface area contributed by atoms with Gasteiger partial charge in [0, 0.05) is 18.4 Å². The van der Waals surface area contributed by atoms with Gasteiger partial charge >= 0.3 is 0 Å². The molecule has 0 aromatic carbocycles. The fourth-order valence-electron chi connectivity index (χ4n) is 1.55. The molecule has 17 heavy (non-hydrogen) atoms. The van der Waals surface area contributed by atoms with Crippen LogP contribution in [-0.4, -0.2) is 11.5 Å². The molecule has 3 heteroatoms. The molecule has 0 aliphatic carbocycles. The highest BCUT2D eigenvalue weighted by Gasteiger charge is 2.15. The lowest BCUT2D eigenvalue weighted by atomic mass is 9.90. The fourth-order valence-corrected chi connectivity index (χ4v) is 1.55. The standard InChI is InChI=1S/C14H21N3/c1-12-5-6-13(10-17-12)9-16-8-4-7-14(2,3)11-15/h5-6,10,16H,4,7-9H2,1-3H3. The van der Waals surface area contributed by atoms with E-state index >= 15 is 0 Å². The smallest absolute Gasteiger partial charge is 0.0683 e. The first-order chi connectivity index (χ1) is 8.03. The summed E-state index contributed by atoms with van der Waals surface area (Å²) in [4.78, 5) is 4.25. The molecule has 1 aromatic rings. The molecule has 0 aliphatic heterocycles.